The Labute approximate surface area is 97.9 Å². The van der Waals surface area contributed by atoms with Gasteiger partial charge in [-0.1, -0.05) is 11.2 Å². The topological polar surface area (TPSA) is 38.9 Å². The molecule has 0 atom stereocenters. The number of hydrogen-bond acceptors (Lipinski definition) is 4. The van der Waals surface area contributed by atoms with Gasteiger partial charge in [0.2, 0.25) is 0 Å². The minimum absolute atomic E-state index is 0.766. The minimum atomic E-state index is 0.766. The maximum Gasteiger partial charge on any atom is 0.181 e. The molecular weight excluding hydrogens is 276 g/mol. The van der Waals surface area contributed by atoms with Gasteiger partial charge >= 0.3 is 0 Å². The summed E-state index contributed by atoms with van der Waals surface area (Å²) in [6.07, 6.45) is 1.76. The lowest BCUT2D eigenvalue weighted by molar-refractivity contribution is 0.458. The molecule has 3 rings (SSSR count). The van der Waals surface area contributed by atoms with Gasteiger partial charge in [-0.3, -0.25) is 0 Å². The first-order chi connectivity index (χ1) is 7.36. The first-order valence-electron chi connectivity index (χ1n) is 4.30. The van der Waals surface area contributed by atoms with E-state index >= 15 is 0 Å². The Bertz CT molecular complexity index is 603. The van der Waals surface area contributed by atoms with Gasteiger partial charge < -0.3 is 4.52 Å². The van der Waals surface area contributed by atoms with E-state index < -0.39 is 0 Å². The van der Waals surface area contributed by atoms with Crippen LogP contribution in [0.15, 0.2) is 38.8 Å². The van der Waals surface area contributed by atoms with Crippen molar-refractivity contribution in [2.24, 2.45) is 0 Å². The molecule has 0 bridgehead atoms. The van der Waals surface area contributed by atoms with Crippen LogP contribution in [0.2, 0.25) is 0 Å². The molecule has 3 aromatic rings. The normalized spacial score (nSPS) is 11.0. The summed E-state index contributed by atoms with van der Waals surface area (Å²) in [7, 11) is 0. The fraction of sp³-hybridized carbons (Fsp3) is 0. The maximum atomic E-state index is 5.27. The first-order valence-corrected chi connectivity index (χ1v) is 5.97. The third-order valence-corrected chi connectivity index (χ3v) is 3.49. The molecule has 0 saturated heterocycles. The number of fused-ring (bicyclic) bond motifs is 1. The molecule has 0 spiro atoms. The monoisotopic (exact) mass is 280 g/mol. The van der Waals surface area contributed by atoms with Crippen LogP contribution < -0.4 is 0 Å². The van der Waals surface area contributed by atoms with E-state index in [-0.39, 0.29) is 0 Å². The summed E-state index contributed by atoms with van der Waals surface area (Å²) in [6.45, 7) is 0. The number of benzene rings is 1. The second-order valence-electron chi connectivity index (χ2n) is 2.98. The molecule has 0 aliphatic heterocycles. The van der Waals surface area contributed by atoms with E-state index in [1.807, 2.05) is 23.6 Å². The predicted octanol–water partition coefficient (Wildman–Crippen LogP) is 3.71. The molecule has 1 aromatic carbocycles. The third kappa shape index (κ3) is 1.39. The number of hydrogen-bond donors (Lipinski definition) is 0. The van der Waals surface area contributed by atoms with Gasteiger partial charge in [0.1, 0.15) is 10.7 Å². The first kappa shape index (κ1) is 9.06. The summed E-state index contributed by atoms with van der Waals surface area (Å²) in [4.78, 5) is 4.22. The Hall–Kier alpha value is -1.20. The van der Waals surface area contributed by atoms with Crippen LogP contribution in [-0.2, 0) is 0 Å². The number of para-hydroxylation sites is 1. The van der Waals surface area contributed by atoms with E-state index in [2.05, 4.69) is 26.1 Å². The van der Waals surface area contributed by atoms with Gasteiger partial charge in [0.05, 0.1) is 9.86 Å². The van der Waals surface area contributed by atoms with Crippen molar-refractivity contribution in [3.63, 3.8) is 0 Å². The highest BCUT2D eigenvalue weighted by molar-refractivity contribution is 9.10. The van der Waals surface area contributed by atoms with Gasteiger partial charge in [0, 0.05) is 11.6 Å². The Morgan fingerprint density at radius 3 is 3.07 bits per heavy atom. The van der Waals surface area contributed by atoms with E-state index in [0.29, 0.717) is 0 Å². The summed E-state index contributed by atoms with van der Waals surface area (Å²) in [5.41, 5.74) is 1.57. The van der Waals surface area contributed by atoms with E-state index in [4.69, 9.17) is 4.52 Å². The van der Waals surface area contributed by atoms with Gasteiger partial charge in [-0.05, 0) is 28.1 Å². The molecule has 0 amide bonds. The summed E-state index contributed by atoms with van der Waals surface area (Å²) < 4.78 is 6.19. The highest BCUT2D eigenvalue weighted by Crippen LogP contribution is 2.32. The molecule has 5 heteroatoms. The van der Waals surface area contributed by atoms with Crippen molar-refractivity contribution in [1.82, 2.24) is 10.1 Å². The lowest BCUT2D eigenvalue weighted by Crippen LogP contribution is -1.75. The predicted molar refractivity (Wildman–Crippen MR) is 62.8 cm³/mol. The fourth-order valence-corrected chi connectivity index (χ4v) is 2.49. The average Bonchev–Trinajstić information content (AvgIpc) is 2.85. The summed E-state index contributed by atoms with van der Waals surface area (Å²) in [5.74, 6) is 0. The fourth-order valence-electron chi connectivity index (χ4n) is 1.42. The van der Waals surface area contributed by atoms with Gasteiger partial charge in [-0.2, -0.15) is 0 Å². The molecule has 0 fully saturated rings. The number of rotatable bonds is 1. The molecule has 0 N–H and O–H groups in total. The zero-order valence-electron chi connectivity index (χ0n) is 7.48. The van der Waals surface area contributed by atoms with Crippen molar-refractivity contribution in [3.05, 3.63) is 34.2 Å². The van der Waals surface area contributed by atoms with Crippen molar-refractivity contribution in [2.75, 3.05) is 0 Å². The molecule has 74 valence electrons. The van der Waals surface area contributed by atoms with Crippen molar-refractivity contribution in [1.29, 1.82) is 0 Å². The van der Waals surface area contributed by atoms with Crippen LogP contribution in [0, 0.1) is 0 Å². The third-order valence-electron chi connectivity index (χ3n) is 2.09. The van der Waals surface area contributed by atoms with Gasteiger partial charge in [0.15, 0.2) is 5.58 Å². The van der Waals surface area contributed by atoms with Gasteiger partial charge in [0.25, 0.3) is 0 Å². The molecule has 0 aliphatic carbocycles. The molecule has 0 radical (unpaired) electrons. The molecule has 0 aliphatic rings. The van der Waals surface area contributed by atoms with E-state index in [1.54, 1.807) is 17.5 Å². The van der Waals surface area contributed by atoms with Crippen LogP contribution >= 0.6 is 27.3 Å². The van der Waals surface area contributed by atoms with Gasteiger partial charge in [-0.15, -0.1) is 11.3 Å². The lowest BCUT2D eigenvalue weighted by Gasteiger charge is -1.90. The van der Waals surface area contributed by atoms with Gasteiger partial charge in [-0.25, -0.2) is 4.98 Å². The van der Waals surface area contributed by atoms with Crippen molar-refractivity contribution >= 4 is 38.2 Å². The van der Waals surface area contributed by atoms with Crippen LogP contribution in [0.1, 0.15) is 0 Å². The smallest absolute Gasteiger partial charge is 0.181 e. The quantitative estimate of drug-likeness (QED) is 0.682. The largest absolute Gasteiger partial charge is 0.354 e. The standard InChI is InChI=1S/C10H5BrN2OS/c11-7-3-1-2-6-8(13-14-9(6)7)10-12-4-5-15-10/h1-5H. The Balaban J connectivity index is 2.34. The Morgan fingerprint density at radius 2 is 2.27 bits per heavy atom. The molecule has 3 nitrogen and oxygen atoms in total. The zero-order valence-corrected chi connectivity index (χ0v) is 9.88. The second-order valence-corrected chi connectivity index (χ2v) is 4.73. The molecule has 2 aromatic heterocycles. The number of halogens is 1. The molecule has 0 saturated carbocycles. The number of thiazole rings is 1. The van der Waals surface area contributed by atoms with E-state index in [1.165, 1.54) is 0 Å². The van der Waals surface area contributed by atoms with Crippen LogP contribution in [0.5, 0.6) is 0 Å². The second kappa shape index (κ2) is 3.43. The number of aromatic nitrogens is 2. The van der Waals surface area contributed by atoms with E-state index in [9.17, 15) is 0 Å². The highest BCUT2D eigenvalue weighted by Gasteiger charge is 2.13. The molecule has 15 heavy (non-hydrogen) atoms. The number of nitrogens with zero attached hydrogens (tertiary/aromatic N) is 2. The van der Waals surface area contributed by atoms with Crippen LogP contribution in [0.4, 0.5) is 0 Å². The SMILES string of the molecule is Brc1cccc2c(-c3nccs3)noc12. The molecule has 2 heterocycles. The van der Waals surface area contributed by atoms with Crippen LogP contribution in [0.25, 0.3) is 21.7 Å². The lowest BCUT2D eigenvalue weighted by atomic mass is 10.2. The van der Waals surface area contributed by atoms with Crippen molar-refractivity contribution < 1.29 is 4.52 Å². The Morgan fingerprint density at radius 1 is 1.33 bits per heavy atom. The summed E-state index contributed by atoms with van der Waals surface area (Å²) in [5, 5.41) is 7.83. The molecule has 0 unspecified atom stereocenters. The minimum Gasteiger partial charge on any atom is -0.354 e. The average molecular weight is 281 g/mol. The van der Waals surface area contributed by atoms with E-state index in [0.717, 1.165) is 26.1 Å². The van der Waals surface area contributed by atoms with Crippen LogP contribution in [0.3, 0.4) is 0 Å². The summed E-state index contributed by atoms with van der Waals surface area (Å²) in [6, 6.07) is 5.87. The van der Waals surface area contributed by atoms with Crippen molar-refractivity contribution in [3.8, 4) is 10.7 Å². The van der Waals surface area contributed by atoms with Crippen LogP contribution in [-0.4, -0.2) is 10.1 Å². The summed E-state index contributed by atoms with van der Waals surface area (Å²) >= 11 is 4.98. The maximum absolute atomic E-state index is 5.27. The highest BCUT2D eigenvalue weighted by atomic mass is 79.9. The zero-order chi connectivity index (χ0) is 10.3. The Kier molecular flexibility index (Phi) is 2.07. The van der Waals surface area contributed by atoms with Crippen molar-refractivity contribution in [2.45, 2.75) is 0 Å². The molecular formula is C10H5BrN2OS.